The first-order chi connectivity index (χ1) is 6.56. The zero-order valence-corrected chi connectivity index (χ0v) is 9.73. The molecule has 1 aliphatic heterocycles. The third-order valence-corrected chi connectivity index (χ3v) is 4.55. The molecule has 0 aliphatic carbocycles. The summed E-state index contributed by atoms with van der Waals surface area (Å²) in [6.45, 7) is 5.38. The highest BCUT2D eigenvalue weighted by Crippen LogP contribution is 2.10. The van der Waals surface area contributed by atoms with Gasteiger partial charge in [0.1, 0.15) is 0 Å². The summed E-state index contributed by atoms with van der Waals surface area (Å²) in [4.78, 5) is 0. The molecular weight excluding hydrogens is 200 g/mol. The van der Waals surface area contributed by atoms with Crippen LogP contribution in [0.2, 0.25) is 0 Å². The van der Waals surface area contributed by atoms with E-state index in [-0.39, 0.29) is 11.3 Å². The van der Waals surface area contributed by atoms with Crippen molar-refractivity contribution in [1.82, 2.24) is 10.0 Å². The Labute approximate surface area is 86.5 Å². The lowest BCUT2D eigenvalue weighted by atomic mass is 10.2. The van der Waals surface area contributed by atoms with Crippen LogP contribution in [0.5, 0.6) is 0 Å². The van der Waals surface area contributed by atoms with Crippen molar-refractivity contribution in [3.05, 3.63) is 0 Å². The summed E-state index contributed by atoms with van der Waals surface area (Å²) in [7, 11) is -3.09. The van der Waals surface area contributed by atoms with Crippen LogP contribution in [-0.4, -0.2) is 32.8 Å². The quantitative estimate of drug-likeness (QED) is 0.707. The van der Waals surface area contributed by atoms with Crippen molar-refractivity contribution in [2.45, 2.75) is 44.4 Å². The van der Waals surface area contributed by atoms with Gasteiger partial charge < -0.3 is 5.32 Å². The van der Waals surface area contributed by atoms with Crippen LogP contribution in [0, 0.1) is 0 Å². The Kier molecular flexibility index (Phi) is 4.34. The number of rotatable bonds is 5. The standard InChI is InChI=1S/C9H20N2O2S/c1-3-4-8(2)11-14(12,13)9-5-6-10-7-9/h8-11H,3-7H2,1-2H3. The Morgan fingerprint density at radius 1 is 1.57 bits per heavy atom. The van der Waals surface area contributed by atoms with Gasteiger partial charge in [-0.15, -0.1) is 0 Å². The largest absolute Gasteiger partial charge is 0.315 e. The van der Waals surface area contributed by atoms with E-state index in [4.69, 9.17) is 0 Å². The topological polar surface area (TPSA) is 58.2 Å². The van der Waals surface area contributed by atoms with Gasteiger partial charge in [-0.1, -0.05) is 13.3 Å². The van der Waals surface area contributed by atoms with Crippen molar-refractivity contribution in [2.24, 2.45) is 0 Å². The second kappa shape index (κ2) is 5.09. The second-order valence-electron chi connectivity index (χ2n) is 3.97. The number of hydrogen-bond donors (Lipinski definition) is 2. The molecule has 2 N–H and O–H groups in total. The van der Waals surface area contributed by atoms with Crippen LogP contribution in [-0.2, 0) is 10.0 Å². The van der Waals surface area contributed by atoms with E-state index in [1.54, 1.807) is 0 Å². The van der Waals surface area contributed by atoms with Crippen LogP contribution in [0.25, 0.3) is 0 Å². The average Bonchev–Trinajstić information content (AvgIpc) is 2.54. The molecule has 0 bridgehead atoms. The third kappa shape index (κ3) is 3.22. The normalized spacial score (nSPS) is 25.1. The van der Waals surface area contributed by atoms with E-state index in [0.29, 0.717) is 6.54 Å². The molecule has 0 spiro atoms. The Morgan fingerprint density at radius 2 is 2.29 bits per heavy atom. The van der Waals surface area contributed by atoms with Crippen LogP contribution < -0.4 is 10.0 Å². The maximum absolute atomic E-state index is 11.8. The lowest BCUT2D eigenvalue weighted by Crippen LogP contribution is -2.40. The van der Waals surface area contributed by atoms with Gasteiger partial charge in [0.05, 0.1) is 5.25 Å². The molecule has 4 nitrogen and oxygen atoms in total. The van der Waals surface area contributed by atoms with Gasteiger partial charge in [-0.25, -0.2) is 13.1 Å². The molecule has 2 unspecified atom stereocenters. The summed E-state index contributed by atoms with van der Waals surface area (Å²) in [5, 5.41) is 2.83. The van der Waals surface area contributed by atoms with Gasteiger partial charge in [-0.05, 0) is 26.3 Å². The Balaban J connectivity index is 2.48. The molecule has 0 aromatic carbocycles. The van der Waals surface area contributed by atoms with Crippen LogP contribution in [0.1, 0.15) is 33.1 Å². The number of nitrogens with one attached hydrogen (secondary N) is 2. The van der Waals surface area contributed by atoms with E-state index in [1.165, 1.54) is 0 Å². The van der Waals surface area contributed by atoms with E-state index in [9.17, 15) is 8.42 Å². The van der Waals surface area contributed by atoms with Crippen LogP contribution >= 0.6 is 0 Å². The minimum Gasteiger partial charge on any atom is -0.315 e. The second-order valence-corrected chi connectivity index (χ2v) is 5.96. The Bertz CT molecular complexity index is 258. The number of sulfonamides is 1. The van der Waals surface area contributed by atoms with Gasteiger partial charge in [0.15, 0.2) is 0 Å². The maximum atomic E-state index is 11.8. The van der Waals surface area contributed by atoms with Crippen molar-refractivity contribution >= 4 is 10.0 Å². The molecule has 1 saturated heterocycles. The van der Waals surface area contributed by atoms with Gasteiger partial charge in [-0.2, -0.15) is 0 Å². The van der Waals surface area contributed by atoms with Crippen LogP contribution in [0.4, 0.5) is 0 Å². The lowest BCUT2D eigenvalue weighted by molar-refractivity contribution is 0.533. The first-order valence-electron chi connectivity index (χ1n) is 5.28. The summed E-state index contributed by atoms with van der Waals surface area (Å²) in [5.74, 6) is 0. The lowest BCUT2D eigenvalue weighted by Gasteiger charge is -2.16. The van der Waals surface area contributed by atoms with E-state index in [2.05, 4.69) is 17.0 Å². The first-order valence-corrected chi connectivity index (χ1v) is 6.82. The average molecular weight is 220 g/mol. The molecule has 1 aliphatic rings. The first kappa shape index (κ1) is 11.9. The molecule has 0 amide bonds. The molecule has 14 heavy (non-hydrogen) atoms. The number of hydrogen-bond acceptors (Lipinski definition) is 3. The van der Waals surface area contributed by atoms with E-state index >= 15 is 0 Å². The van der Waals surface area contributed by atoms with Gasteiger partial charge in [0.25, 0.3) is 0 Å². The van der Waals surface area contributed by atoms with Gasteiger partial charge in [0.2, 0.25) is 10.0 Å². The molecule has 0 radical (unpaired) electrons. The summed E-state index contributed by atoms with van der Waals surface area (Å²) in [6, 6.07) is 0.0607. The predicted octanol–water partition coefficient (Wildman–Crippen LogP) is 0.456. The van der Waals surface area contributed by atoms with Gasteiger partial charge in [-0.3, -0.25) is 0 Å². The maximum Gasteiger partial charge on any atom is 0.216 e. The fourth-order valence-electron chi connectivity index (χ4n) is 1.76. The van der Waals surface area contributed by atoms with Gasteiger partial charge >= 0.3 is 0 Å². The monoisotopic (exact) mass is 220 g/mol. The molecule has 1 heterocycles. The van der Waals surface area contributed by atoms with Crippen molar-refractivity contribution in [3.8, 4) is 0 Å². The minimum absolute atomic E-state index is 0.0607. The smallest absolute Gasteiger partial charge is 0.216 e. The Hall–Kier alpha value is -0.130. The Morgan fingerprint density at radius 3 is 2.79 bits per heavy atom. The van der Waals surface area contributed by atoms with Gasteiger partial charge in [0, 0.05) is 12.6 Å². The van der Waals surface area contributed by atoms with E-state index in [0.717, 1.165) is 25.8 Å². The van der Waals surface area contributed by atoms with Crippen molar-refractivity contribution in [2.75, 3.05) is 13.1 Å². The summed E-state index contributed by atoms with van der Waals surface area (Å²) < 4.78 is 26.3. The van der Waals surface area contributed by atoms with Crippen molar-refractivity contribution < 1.29 is 8.42 Å². The zero-order chi connectivity index (χ0) is 10.6. The molecular formula is C9H20N2O2S. The molecule has 84 valence electrons. The molecule has 0 saturated carbocycles. The van der Waals surface area contributed by atoms with E-state index < -0.39 is 10.0 Å². The highest BCUT2D eigenvalue weighted by Gasteiger charge is 2.29. The molecule has 1 rings (SSSR count). The van der Waals surface area contributed by atoms with Crippen molar-refractivity contribution in [1.29, 1.82) is 0 Å². The molecule has 0 aromatic heterocycles. The molecule has 1 fully saturated rings. The van der Waals surface area contributed by atoms with Crippen molar-refractivity contribution in [3.63, 3.8) is 0 Å². The summed E-state index contributed by atoms with van der Waals surface area (Å²) in [6.07, 6.45) is 2.64. The fraction of sp³-hybridized carbons (Fsp3) is 1.00. The van der Waals surface area contributed by atoms with E-state index in [1.807, 2.05) is 6.92 Å². The fourth-order valence-corrected chi connectivity index (χ4v) is 3.40. The highest BCUT2D eigenvalue weighted by molar-refractivity contribution is 7.90. The summed E-state index contributed by atoms with van der Waals surface area (Å²) >= 11 is 0. The summed E-state index contributed by atoms with van der Waals surface area (Å²) in [5.41, 5.74) is 0. The third-order valence-electron chi connectivity index (χ3n) is 2.54. The SMILES string of the molecule is CCCC(C)NS(=O)(=O)C1CCNC1. The van der Waals surface area contributed by atoms with Crippen LogP contribution in [0.15, 0.2) is 0 Å². The molecule has 0 aromatic rings. The highest BCUT2D eigenvalue weighted by atomic mass is 32.2. The molecule has 5 heteroatoms. The molecule has 2 atom stereocenters. The zero-order valence-electron chi connectivity index (χ0n) is 8.91. The van der Waals surface area contributed by atoms with Crippen LogP contribution in [0.3, 0.4) is 0 Å². The predicted molar refractivity (Wildman–Crippen MR) is 57.7 cm³/mol. The minimum atomic E-state index is -3.09.